The highest BCUT2D eigenvalue weighted by Gasteiger charge is 2.15. The molecule has 6 heteroatoms. The van der Waals surface area contributed by atoms with Crippen LogP contribution in [0.4, 0.5) is 17.1 Å². The van der Waals surface area contributed by atoms with Crippen LogP contribution in [0.5, 0.6) is 0 Å². The summed E-state index contributed by atoms with van der Waals surface area (Å²) in [6.07, 6.45) is 0. The molecular formula is C17H17N3O3. The molecule has 2 amide bonds. The predicted octanol–water partition coefficient (Wildman–Crippen LogP) is 2.36. The molecule has 0 saturated carbocycles. The molecule has 0 bridgehead atoms. The van der Waals surface area contributed by atoms with Crippen molar-refractivity contribution in [1.82, 2.24) is 0 Å². The van der Waals surface area contributed by atoms with Crippen LogP contribution < -0.4 is 16.4 Å². The molecule has 0 atom stereocenters. The number of amides is 2. The maximum absolute atomic E-state index is 11.9. The summed E-state index contributed by atoms with van der Waals surface area (Å²) in [6.45, 7) is 3.33. The van der Waals surface area contributed by atoms with Gasteiger partial charge in [0.1, 0.15) is 0 Å². The number of nitrogens with two attached hydrogens (primary N) is 1. The Morgan fingerprint density at radius 1 is 0.913 bits per heavy atom. The summed E-state index contributed by atoms with van der Waals surface area (Å²) < 4.78 is 0. The van der Waals surface area contributed by atoms with Crippen molar-refractivity contribution in [1.29, 1.82) is 0 Å². The summed E-state index contributed by atoms with van der Waals surface area (Å²) >= 11 is 0. The van der Waals surface area contributed by atoms with E-state index in [1.807, 2.05) is 6.92 Å². The topological polar surface area (TPSA) is 101 Å². The first kappa shape index (κ1) is 16.2. The summed E-state index contributed by atoms with van der Waals surface area (Å²) in [6, 6.07) is 11.4. The van der Waals surface area contributed by atoms with Gasteiger partial charge in [-0.1, -0.05) is 6.07 Å². The van der Waals surface area contributed by atoms with E-state index in [0.29, 0.717) is 22.6 Å². The lowest BCUT2D eigenvalue weighted by Gasteiger charge is -2.09. The predicted molar refractivity (Wildman–Crippen MR) is 89.3 cm³/mol. The highest BCUT2D eigenvalue weighted by Crippen LogP contribution is 2.19. The van der Waals surface area contributed by atoms with Gasteiger partial charge in [-0.25, -0.2) is 0 Å². The van der Waals surface area contributed by atoms with Crippen molar-refractivity contribution >= 4 is 34.7 Å². The Morgan fingerprint density at radius 3 is 2.09 bits per heavy atom. The number of carbonyl (C=O) groups excluding carboxylic acids is 3. The van der Waals surface area contributed by atoms with Crippen LogP contribution in [0.15, 0.2) is 42.5 Å². The van der Waals surface area contributed by atoms with Gasteiger partial charge in [-0.3, -0.25) is 14.4 Å². The minimum atomic E-state index is -0.823. The molecular weight excluding hydrogens is 294 g/mol. The zero-order chi connectivity index (χ0) is 17.0. The number of benzene rings is 2. The normalized spacial score (nSPS) is 10.0. The zero-order valence-electron chi connectivity index (χ0n) is 12.8. The lowest BCUT2D eigenvalue weighted by atomic mass is 10.1. The van der Waals surface area contributed by atoms with Crippen molar-refractivity contribution in [2.45, 2.75) is 13.8 Å². The van der Waals surface area contributed by atoms with Gasteiger partial charge in [-0.15, -0.1) is 0 Å². The van der Waals surface area contributed by atoms with Gasteiger partial charge in [0, 0.05) is 11.3 Å². The first-order valence-corrected chi connectivity index (χ1v) is 6.96. The van der Waals surface area contributed by atoms with Gasteiger partial charge in [0.2, 0.25) is 0 Å². The van der Waals surface area contributed by atoms with Crippen molar-refractivity contribution < 1.29 is 14.4 Å². The number of rotatable bonds is 3. The van der Waals surface area contributed by atoms with E-state index in [2.05, 4.69) is 10.6 Å². The molecule has 4 N–H and O–H groups in total. The third kappa shape index (κ3) is 4.16. The Hall–Kier alpha value is -3.15. The summed E-state index contributed by atoms with van der Waals surface area (Å²) in [5.74, 6) is -1.72. The Bertz CT molecular complexity index is 767. The van der Waals surface area contributed by atoms with E-state index in [0.717, 1.165) is 5.56 Å². The number of Topliss-reactive ketones (excluding diaryl/α,β-unsaturated/α-hetero) is 1. The maximum atomic E-state index is 11.9. The highest BCUT2D eigenvalue weighted by atomic mass is 16.2. The van der Waals surface area contributed by atoms with E-state index < -0.39 is 11.8 Å². The standard InChI is InChI=1S/C17H17N3O3/c1-10-3-8-15(14(18)9-10)20-17(23)16(22)19-13-6-4-12(5-7-13)11(2)21/h3-9H,18H2,1-2H3,(H,19,22)(H,20,23). The van der Waals surface area contributed by atoms with E-state index in [-0.39, 0.29) is 5.78 Å². The number of anilines is 3. The van der Waals surface area contributed by atoms with Crippen LogP contribution in [0.2, 0.25) is 0 Å². The van der Waals surface area contributed by atoms with Crippen LogP contribution in [-0.2, 0) is 9.59 Å². The van der Waals surface area contributed by atoms with E-state index in [1.165, 1.54) is 6.92 Å². The van der Waals surface area contributed by atoms with Gasteiger partial charge >= 0.3 is 11.8 Å². The summed E-state index contributed by atoms with van der Waals surface area (Å²) in [5, 5.41) is 4.91. The highest BCUT2D eigenvalue weighted by molar-refractivity contribution is 6.43. The molecule has 0 aliphatic carbocycles. The number of hydrogen-bond donors (Lipinski definition) is 3. The second kappa shape index (κ2) is 6.74. The Kier molecular flexibility index (Phi) is 4.75. The molecule has 0 unspecified atom stereocenters. The van der Waals surface area contributed by atoms with Crippen LogP contribution in [-0.4, -0.2) is 17.6 Å². The van der Waals surface area contributed by atoms with Crippen molar-refractivity contribution in [2.24, 2.45) is 0 Å². The fourth-order valence-corrected chi connectivity index (χ4v) is 1.95. The zero-order valence-corrected chi connectivity index (χ0v) is 12.8. The average Bonchev–Trinajstić information content (AvgIpc) is 2.50. The SMILES string of the molecule is CC(=O)c1ccc(NC(=O)C(=O)Nc2ccc(C)cc2N)cc1. The smallest absolute Gasteiger partial charge is 0.314 e. The first-order chi connectivity index (χ1) is 10.9. The van der Waals surface area contributed by atoms with Gasteiger partial charge in [0.15, 0.2) is 5.78 Å². The third-order valence-electron chi connectivity index (χ3n) is 3.21. The Balaban J connectivity index is 2.02. The quantitative estimate of drug-likeness (QED) is 0.460. The summed E-state index contributed by atoms with van der Waals surface area (Å²) in [4.78, 5) is 35.0. The molecule has 0 spiro atoms. The Labute approximate surface area is 133 Å². The van der Waals surface area contributed by atoms with E-state index in [4.69, 9.17) is 5.73 Å². The monoisotopic (exact) mass is 311 g/mol. The fourth-order valence-electron chi connectivity index (χ4n) is 1.95. The third-order valence-corrected chi connectivity index (χ3v) is 3.21. The fraction of sp³-hybridized carbons (Fsp3) is 0.118. The molecule has 2 aromatic carbocycles. The van der Waals surface area contributed by atoms with Gasteiger partial charge in [0.25, 0.3) is 0 Å². The Morgan fingerprint density at radius 2 is 1.52 bits per heavy atom. The number of aryl methyl sites for hydroxylation is 1. The second-order valence-corrected chi connectivity index (χ2v) is 5.13. The molecule has 23 heavy (non-hydrogen) atoms. The lowest BCUT2D eigenvalue weighted by molar-refractivity contribution is -0.132. The summed E-state index contributed by atoms with van der Waals surface area (Å²) in [5.41, 5.74) is 8.46. The number of nitrogen functional groups attached to an aromatic ring is 1. The molecule has 0 aliphatic rings. The molecule has 118 valence electrons. The van der Waals surface area contributed by atoms with Crippen molar-refractivity contribution in [3.8, 4) is 0 Å². The lowest BCUT2D eigenvalue weighted by Crippen LogP contribution is -2.29. The minimum Gasteiger partial charge on any atom is -0.397 e. The first-order valence-electron chi connectivity index (χ1n) is 6.96. The molecule has 0 fully saturated rings. The summed E-state index contributed by atoms with van der Waals surface area (Å²) in [7, 11) is 0. The van der Waals surface area contributed by atoms with E-state index in [9.17, 15) is 14.4 Å². The van der Waals surface area contributed by atoms with Gasteiger partial charge in [-0.2, -0.15) is 0 Å². The van der Waals surface area contributed by atoms with Crippen LogP contribution in [0.3, 0.4) is 0 Å². The number of hydrogen-bond acceptors (Lipinski definition) is 4. The van der Waals surface area contributed by atoms with E-state index >= 15 is 0 Å². The second-order valence-electron chi connectivity index (χ2n) is 5.13. The number of nitrogens with one attached hydrogen (secondary N) is 2. The molecule has 0 radical (unpaired) electrons. The molecule has 0 saturated heterocycles. The maximum Gasteiger partial charge on any atom is 0.314 e. The van der Waals surface area contributed by atoms with Crippen LogP contribution >= 0.6 is 0 Å². The van der Waals surface area contributed by atoms with Crippen molar-refractivity contribution in [3.05, 3.63) is 53.6 Å². The van der Waals surface area contributed by atoms with Crippen LogP contribution in [0.25, 0.3) is 0 Å². The molecule has 0 aromatic heterocycles. The average molecular weight is 311 g/mol. The number of carbonyl (C=O) groups is 3. The molecule has 0 heterocycles. The van der Waals surface area contributed by atoms with Crippen LogP contribution in [0, 0.1) is 6.92 Å². The van der Waals surface area contributed by atoms with Crippen LogP contribution in [0.1, 0.15) is 22.8 Å². The largest absolute Gasteiger partial charge is 0.397 e. The minimum absolute atomic E-state index is 0.0736. The van der Waals surface area contributed by atoms with Gasteiger partial charge in [0.05, 0.1) is 11.4 Å². The van der Waals surface area contributed by atoms with Gasteiger partial charge < -0.3 is 16.4 Å². The van der Waals surface area contributed by atoms with Crippen molar-refractivity contribution in [2.75, 3.05) is 16.4 Å². The number of ketones is 1. The molecule has 2 rings (SSSR count). The van der Waals surface area contributed by atoms with Crippen molar-refractivity contribution in [3.63, 3.8) is 0 Å². The molecule has 6 nitrogen and oxygen atoms in total. The molecule has 2 aromatic rings. The molecule has 0 aliphatic heterocycles. The van der Waals surface area contributed by atoms with E-state index in [1.54, 1.807) is 42.5 Å². The van der Waals surface area contributed by atoms with Gasteiger partial charge in [-0.05, 0) is 55.8 Å².